The van der Waals surface area contributed by atoms with Crippen molar-refractivity contribution in [2.75, 3.05) is 12.4 Å². The van der Waals surface area contributed by atoms with Crippen LogP contribution in [0.5, 0.6) is 5.75 Å². The van der Waals surface area contributed by atoms with Crippen molar-refractivity contribution in [3.63, 3.8) is 0 Å². The summed E-state index contributed by atoms with van der Waals surface area (Å²) in [5, 5.41) is 2.82. The highest BCUT2D eigenvalue weighted by Gasteiger charge is 2.16. The molecule has 23 heavy (non-hydrogen) atoms. The Labute approximate surface area is 136 Å². The lowest BCUT2D eigenvalue weighted by atomic mass is 10.0. The number of carbonyl (C=O) groups is 1. The van der Waals surface area contributed by atoms with Gasteiger partial charge in [-0.3, -0.25) is 4.79 Å². The van der Waals surface area contributed by atoms with E-state index in [-0.39, 0.29) is 5.91 Å². The Hall–Kier alpha value is -2.34. The zero-order chi connectivity index (χ0) is 16.8. The van der Waals surface area contributed by atoms with E-state index in [4.69, 9.17) is 14.9 Å². The van der Waals surface area contributed by atoms with Gasteiger partial charge in [0.15, 0.2) is 12.2 Å². The van der Waals surface area contributed by atoms with Gasteiger partial charge in [0.05, 0.1) is 24.9 Å². The molecule has 1 amide bonds. The summed E-state index contributed by atoms with van der Waals surface area (Å²) in [5.74, 6) is 1.53. The topological polar surface area (TPSA) is 90.4 Å². The fourth-order valence-electron chi connectivity index (χ4n) is 2.20. The van der Waals surface area contributed by atoms with Crippen molar-refractivity contribution in [1.29, 1.82) is 0 Å². The number of hydrogen-bond acceptors (Lipinski definition) is 5. The second kappa shape index (κ2) is 7.78. The molecule has 1 unspecified atom stereocenters. The van der Waals surface area contributed by atoms with Crippen LogP contribution in [0, 0.1) is 5.92 Å². The highest BCUT2D eigenvalue weighted by molar-refractivity contribution is 5.95. The number of oxazole rings is 1. The lowest BCUT2D eigenvalue weighted by Gasteiger charge is -2.14. The molecule has 0 fully saturated rings. The van der Waals surface area contributed by atoms with Gasteiger partial charge in [0.1, 0.15) is 5.75 Å². The van der Waals surface area contributed by atoms with Crippen LogP contribution in [-0.2, 0) is 4.79 Å². The number of benzene rings is 1. The van der Waals surface area contributed by atoms with E-state index in [0.717, 1.165) is 12.0 Å². The van der Waals surface area contributed by atoms with Gasteiger partial charge in [-0.25, -0.2) is 4.98 Å². The summed E-state index contributed by atoms with van der Waals surface area (Å²) in [7, 11) is 1.56. The zero-order valence-corrected chi connectivity index (χ0v) is 13.7. The van der Waals surface area contributed by atoms with Gasteiger partial charge in [0.2, 0.25) is 5.91 Å². The van der Waals surface area contributed by atoms with Crippen LogP contribution in [0.1, 0.15) is 26.7 Å². The molecule has 0 spiro atoms. The third-order valence-corrected chi connectivity index (χ3v) is 3.56. The number of anilines is 1. The summed E-state index contributed by atoms with van der Waals surface area (Å²) in [6.45, 7) is 4.22. The highest BCUT2D eigenvalue weighted by Crippen LogP contribution is 2.32. The molecule has 3 N–H and O–H groups in total. The maximum absolute atomic E-state index is 12.1. The average molecular weight is 317 g/mol. The molecule has 1 aromatic heterocycles. The minimum Gasteiger partial charge on any atom is -0.496 e. The number of nitrogens with two attached hydrogens (primary N) is 1. The molecule has 2 rings (SSSR count). The van der Waals surface area contributed by atoms with Crippen LogP contribution in [0.15, 0.2) is 35.2 Å². The Bertz CT molecular complexity index is 639. The van der Waals surface area contributed by atoms with Gasteiger partial charge in [-0.15, -0.1) is 0 Å². The number of aromatic nitrogens is 1. The number of ether oxygens (including phenoxy) is 1. The first kappa shape index (κ1) is 17.0. The lowest BCUT2D eigenvalue weighted by molar-refractivity contribution is -0.117. The van der Waals surface area contributed by atoms with Crippen molar-refractivity contribution in [3.05, 3.63) is 30.8 Å². The van der Waals surface area contributed by atoms with Gasteiger partial charge in [-0.1, -0.05) is 13.8 Å². The van der Waals surface area contributed by atoms with Crippen LogP contribution in [0.4, 0.5) is 5.69 Å². The maximum Gasteiger partial charge on any atom is 0.241 e. The van der Waals surface area contributed by atoms with E-state index in [1.807, 2.05) is 6.07 Å². The average Bonchev–Trinajstić information content (AvgIpc) is 3.06. The van der Waals surface area contributed by atoms with Crippen molar-refractivity contribution in [2.24, 2.45) is 11.7 Å². The summed E-state index contributed by atoms with van der Waals surface area (Å²) in [6, 6.07) is 4.82. The predicted molar refractivity (Wildman–Crippen MR) is 89.2 cm³/mol. The Morgan fingerprint density at radius 3 is 2.78 bits per heavy atom. The van der Waals surface area contributed by atoms with Crippen molar-refractivity contribution in [3.8, 4) is 17.1 Å². The van der Waals surface area contributed by atoms with Crippen LogP contribution >= 0.6 is 0 Å². The number of rotatable bonds is 7. The molecule has 0 saturated heterocycles. The second-order valence-corrected chi connectivity index (χ2v) is 5.85. The van der Waals surface area contributed by atoms with Crippen molar-refractivity contribution >= 4 is 11.6 Å². The standard InChI is InChI=1S/C17H23N3O3/c1-11(2)4-7-14(18)17(21)20-12-5-6-13(15(8-12)22-3)16-9-19-10-23-16/h5-6,8-11,14H,4,7,18H2,1-3H3,(H,20,21). The fraction of sp³-hybridized carbons (Fsp3) is 0.412. The van der Waals surface area contributed by atoms with Gasteiger partial charge in [-0.05, 0) is 30.9 Å². The smallest absolute Gasteiger partial charge is 0.241 e. The minimum atomic E-state index is -0.516. The summed E-state index contributed by atoms with van der Waals surface area (Å²) in [5.41, 5.74) is 7.33. The molecule has 0 saturated carbocycles. The molecule has 6 nitrogen and oxygen atoms in total. The van der Waals surface area contributed by atoms with E-state index >= 15 is 0 Å². The third kappa shape index (κ3) is 4.56. The van der Waals surface area contributed by atoms with Crippen molar-refractivity contribution in [2.45, 2.75) is 32.7 Å². The molecule has 1 aromatic carbocycles. The van der Waals surface area contributed by atoms with Crippen LogP contribution < -0.4 is 15.8 Å². The van der Waals surface area contributed by atoms with E-state index in [2.05, 4.69) is 24.1 Å². The molecular formula is C17H23N3O3. The molecule has 1 heterocycles. The summed E-state index contributed by atoms with van der Waals surface area (Å²) >= 11 is 0. The number of nitrogens with zero attached hydrogens (tertiary/aromatic N) is 1. The van der Waals surface area contributed by atoms with Gasteiger partial charge >= 0.3 is 0 Å². The Kier molecular flexibility index (Phi) is 5.76. The molecule has 6 heteroatoms. The number of methoxy groups -OCH3 is 1. The molecule has 0 bridgehead atoms. The monoisotopic (exact) mass is 317 g/mol. The van der Waals surface area contributed by atoms with Gasteiger partial charge in [0, 0.05) is 11.8 Å². The first-order valence-electron chi connectivity index (χ1n) is 7.64. The molecule has 0 aliphatic rings. The lowest BCUT2D eigenvalue weighted by Crippen LogP contribution is -2.35. The first-order chi connectivity index (χ1) is 11.0. The number of hydrogen-bond donors (Lipinski definition) is 2. The third-order valence-electron chi connectivity index (χ3n) is 3.56. The normalized spacial score (nSPS) is 12.2. The van der Waals surface area contributed by atoms with E-state index in [1.54, 1.807) is 25.4 Å². The number of carbonyl (C=O) groups excluding carboxylic acids is 1. The first-order valence-corrected chi connectivity index (χ1v) is 7.64. The van der Waals surface area contributed by atoms with Crippen LogP contribution in [-0.4, -0.2) is 24.0 Å². The summed E-state index contributed by atoms with van der Waals surface area (Å²) in [6.07, 6.45) is 4.55. The van der Waals surface area contributed by atoms with E-state index in [1.165, 1.54) is 6.39 Å². The van der Waals surface area contributed by atoms with Crippen molar-refractivity contribution in [1.82, 2.24) is 4.98 Å². The van der Waals surface area contributed by atoms with Crippen LogP contribution in [0.3, 0.4) is 0 Å². The minimum absolute atomic E-state index is 0.194. The Morgan fingerprint density at radius 1 is 1.39 bits per heavy atom. The van der Waals surface area contributed by atoms with E-state index in [0.29, 0.717) is 29.5 Å². The number of amides is 1. The molecular weight excluding hydrogens is 294 g/mol. The van der Waals surface area contributed by atoms with Crippen LogP contribution in [0.25, 0.3) is 11.3 Å². The summed E-state index contributed by atoms with van der Waals surface area (Å²) < 4.78 is 10.6. The molecule has 0 radical (unpaired) electrons. The largest absolute Gasteiger partial charge is 0.496 e. The molecule has 0 aliphatic heterocycles. The highest BCUT2D eigenvalue weighted by atomic mass is 16.5. The molecule has 2 aromatic rings. The fourth-order valence-corrected chi connectivity index (χ4v) is 2.20. The predicted octanol–water partition coefficient (Wildman–Crippen LogP) is 3.05. The molecule has 124 valence electrons. The Morgan fingerprint density at radius 2 is 2.17 bits per heavy atom. The van der Waals surface area contributed by atoms with Gasteiger partial charge < -0.3 is 20.2 Å². The second-order valence-electron chi connectivity index (χ2n) is 5.85. The quantitative estimate of drug-likeness (QED) is 0.819. The SMILES string of the molecule is COc1cc(NC(=O)C(N)CCC(C)C)ccc1-c1cnco1. The number of nitrogens with one attached hydrogen (secondary N) is 1. The van der Waals surface area contributed by atoms with E-state index < -0.39 is 6.04 Å². The zero-order valence-electron chi connectivity index (χ0n) is 13.7. The summed E-state index contributed by atoms with van der Waals surface area (Å²) in [4.78, 5) is 16.0. The Balaban J connectivity index is 2.07. The maximum atomic E-state index is 12.1. The van der Waals surface area contributed by atoms with Gasteiger partial charge in [-0.2, -0.15) is 0 Å². The molecule has 1 atom stereocenters. The van der Waals surface area contributed by atoms with Crippen LogP contribution in [0.2, 0.25) is 0 Å². The van der Waals surface area contributed by atoms with Gasteiger partial charge in [0.25, 0.3) is 0 Å². The van der Waals surface area contributed by atoms with E-state index in [9.17, 15) is 4.79 Å². The molecule has 0 aliphatic carbocycles. The van der Waals surface area contributed by atoms with Crippen molar-refractivity contribution < 1.29 is 13.9 Å².